The Morgan fingerprint density at radius 1 is 1.39 bits per heavy atom. The lowest BCUT2D eigenvalue weighted by molar-refractivity contribution is -0.156. The topological polar surface area (TPSA) is 49.9 Å². The van der Waals surface area contributed by atoms with Crippen LogP contribution in [0.25, 0.3) is 0 Å². The maximum absolute atomic E-state index is 12.4. The van der Waals surface area contributed by atoms with Crippen LogP contribution in [0.4, 0.5) is 0 Å². The summed E-state index contributed by atoms with van der Waals surface area (Å²) in [5.74, 6) is 0.211. The predicted octanol–water partition coefficient (Wildman–Crippen LogP) is 0.389. The van der Waals surface area contributed by atoms with E-state index in [9.17, 15) is 9.59 Å². The number of amides is 2. The summed E-state index contributed by atoms with van der Waals surface area (Å²) >= 11 is 0. The van der Waals surface area contributed by atoms with Gasteiger partial charge in [-0.2, -0.15) is 0 Å². The summed E-state index contributed by atoms with van der Waals surface area (Å²) in [4.78, 5) is 27.8. The maximum atomic E-state index is 12.4. The van der Waals surface area contributed by atoms with E-state index in [0.717, 1.165) is 38.8 Å². The standard InChI is InChI=1S/C13H20N2O3/c1-13(5-3-7-18-13)9-14-8-11(16)15-6-2-4-10(15)12(14)17/h10H,2-9H2,1H3. The van der Waals surface area contributed by atoms with Crippen molar-refractivity contribution >= 4 is 11.8 Å². The molecule has 2 atom stereocenters. The average molecular weight is 252 g/mol. The first-order valence-corrected chi connectivity index (χ1v) is 6.81. The van der Waals surface area contributed by atoms with Crippen LogP contribution < -0.4 is 0 Å². The van der Waals surface area contributed by atoms with Gasteiger partial charge in [-0.15, -0.1) is 0 Å². The molecule has 3 aliphatic heterocycles. The Balaban J connectivity index is 1.72. The molecule has 100 valence electrons. The highest BCUT2D eigenvalue weighted by Crippen LogP contribution is 2.29. The number of fused-ring (bicyclic) bond motifs is 1. The molecule has 0 aromatic rings. The van der Waals surface area contributed by atoms with E-state index in [-0.39, 0.29) is 30.0 Å². The van der Waals surface area contributed by atoms with Crippen LogP contribution in [-0.2, 0) is 14.3 Å². The van der Waals surface area contributed by atoms with Crippen molar-refractivity contribution in [1.29, 1.82) is 0 Å². The zero-order chi connectivity index (χ0) is 12.8. The van der Waals surface area contributed by atoms with Crippen molar-refractivity contribution in [3.63, 3.8) is 0 Å². The second-order valence-corrected chi connectivity index (χ2v) is 5.84. The first kappa shape index (κ1) is 12.0. The van der Waals surface area contributed by atoms with E-state index in [1.54, 1.807) is 9.80 Å². The number of piperazine rings is 1. The second-order valence-electron chi connectivity index (χ2n) is 5.84. The van der Waals surface area contributed by atoms with E-state index < -0.39 is 0 Å². The molecule has 3 rings (SSSR count). The highest BCUT2D eigenvalue weighted by Gasteiger charge is 2.44. The third-order valence-electron chi connectivity index (χ3n) is 4.32. The van der Waals surface area contributed by atoms with Gasteiger partial charge < -0.3 is 14.5 Å². The van der Waals surface area contributed by atoms with Gasteiger partial charge in [0.05, 0.1) is 18.7 Å². The Morgan fingerprint density at radius 2 is 2.22 bits per heavy atom. The summed E-state index contributed by atoms with van der Waals surface area (Å²) in [6.45, 7) is 4.34. The fourth-order valence-corrected chi connectivity index (χ4v) is 3.36. The van der Waals surface area contributed by atoms with Crippen LogP contribution >= 0.6 is 0 Å². The van der Waals surface area contributed by atoms with E-state index in [0.29, 0.717) is 6.54 Å². The highest BCUT2D eigenvalue weighted by atomic mass is 16.5. The smallest absolute Gasteiger partial charge is 0.245 e. The molecule has 3 heterocycles. The third kappa shape index (κ3) is 1.90. The van der Waals surface area contributed by atoms with Crippen molar-refractivity contribution in [2.45, 2.75) is 44.2 Å². The van der Waals surface area contributed by atoms with Crippen LogP contribution in [0.1, 0.15) is 32.6 Å². The van der Waals surface area contributed by atoms with Crippen LogP contribution in [0.2, 0.25) is 0 Å². The SMILES string of the molecule is CC1(CN2CC(=O)N3CCCC3C2=O)CCCO1. The minimum Gasteiger partial charge on any atom is -0.373 e. The van der Waals surface area contributed by atoms with Crippen LogP contribution in [0, 0.1) is 0 Å². The van der Waals surface area contributed by atoms with Gasteiger partial charge in [0, 0.05) is 13.2 Å². The van der Waals surface area contributed by atoms with Gasteiger partial charge in [-0.1, -0.05) is 0 Å². The molecule has 5 nitrogen and oxygen atoms in total. The second kappa shape index (κ2) is 4.23. The van der Waals surface area contributed by atoms with Crippen molar-refractivity contribution < 1.29 is 14.3 Å². The fourth-order valence-electron chi connectivity index (χ4n) is 3.36. The van der Waals surface area contributed by atoms with Crippen molar-refractivity contribution in [2.24, 2.45) is 0 Å². The van der Waals surface area contributed by atoms with Gasteiger partial charge in [0.2, 0.25) is 11.8 Å². The zero-order valence-electron chi connectivity index (χ0n) is 10.9. The molecule has 2 unspecified atom stereocenters. The molecular formula is C13H20N2O3. The number of ether oxygens (including phenoxy) is 1. The molecule has 5 heteroatoms. The molecule has 3 saturated heterocycles. The van der Waals surface area contributed by atoms with Gasteiger partial charge in [0.1, 0.15) is 6.04 Å². The molecule has 0 aromatic heterocycles. The molecule has 0 aromatic carbocycles. The van der Waals surface area contributed by atoms with E-state index in [2.05, 4.69) is 0 Å². The van der Waals surface area contributed by atoms with E-state index in [1.807, 2.05) is 6.92 Å². The molecule has 3 fully saturated rings. The molecule has 0 radical (unpaired) electrons. The monoisotopic (exact) mass is 252 g/mol. The lowest BCUT2D eigenvalue weighted by atomic mass is 10.0. The Labute approximate surface area is 107 Å². The fraction of sp³-hybridized carbons (Fsp3) is 0.846. The average Bonchev–Trinajstić information content (AvgIpc) is 2.95. The summed E-state index contributed by atoms with van der Waals surface area (Å²) in [5.41, 5.74) is -0.253. The number of hydrogen-bond acceptors (Lipinski definition) is 3. The number of rotatable bonds is 2. The molecule has 0 bridgehead atoms. The zero-order valence-corrected chi connectivity index (χ0v) is 10.9. The molecule has 0 saturated carbocycles. The Hall–Kier alpha value is -1.10. The van der Waals surface area contributed by atoms with E-state index in [4.69, 9.17) is 4.74 Å². The Morgan fingerprint density at radius 3 is 2.94 bits per heavy atom. The van der Waals surface area contributed by atoms with Crippen LogP contribution in [0.5, 0.6) is 0 Å². The summed E-state index contributed by atoms with van der Waals surface area (Å²) in [5, 5.41) is 0. The molecular weight excluding hydrogens is 232 g/mol. The van der Waals surface area contributed by atoms with Gasteiger partial charge in [-0.3, -0.25) is 9.59 Å². The molecule has 0 N–H and O–H groups in total. The quantitative estimate of drug-likeness (QED) is 0.714. The largest absolute Gasteiger partial charge is 0.373 e. The maximum Gasteiger partial charge on any atom is 0.245 e. The van der Waals surface area contributed by atoms with Gasteiger partial charge in [0.25, 0.3) is 0 Å². The summed E-state index contributed by atoms with van der Waals surface area (Å²) < 4.78 is 5.72. The van der Waals surface area contributed by atoms with Gasteiger partial charge in [0.15, 0.2) is 0 Å². The minimum absolute atomic E-state index is 0.0960. The first-order valence-electron chi connectivity index (χ1n) is 6.81. The molecule has 2 amide bonds. The van der Waals surface area contributed by atoms with E-state index >= 15 is 0 Å². The number of carbonyl (C=O) groups excluding carboxylic acids is 2. The number of nitrogens with zero attached hydrogens (tertiary/aromatic N) is 2. The van der Waals surface area contributed by atoms with Crippen LogP contribution in [-0.4, -0.2) is 59.5 Å². The third-order valence-corrected chi connectivity index (χ3v) is 4.32. The Kier molecular flexibility index (Phi) is 2.81. The van der Waals surface area contributed by atoms with Crippen molar-refractivity contribution in [2.75, 3.05) is 26.2 Å². The van der Waals surface area contributed by atoms with E-state index in [1.165, 1.54) is 0 Å². The highest BCUT2D eigenvalue weighted by molar-refractivity contribution is 5.95. The lowest BCUT2D eigenvalue weighted by Gasteiger charge is -2.39. The Bertz CT molecular complexity index is 376. The van der Waals surface area contributed by atoms with Gasteiger partial charge in [-0.25, -0.2) is 0 Å². The number of hydrogen-bond donors (Lipinski definition) is 0. The molecule has 0 spiro atoms. The van der Waals surface area contributed by atoms with Crippen molar-refractivity contribution in [1.82, 2.24) is 9.80 Å². The molecule has 0 aliphatic carbocycles. The predicted molar refractivity (Wildman–Crippen MR) is 64.9 cm³/mol. The molecule has 18 heavy (non-hydrogen) atoms. The van der Waals surface area contributed by atoms with Crippen LogP contribution in [0.15, 0.2) is 0 Å². The number of carbonyl (C=O) groups is 2. The normalized spacial score (nSPS) is 36.4. The summed E-state index contributed by atoms with van der Waals surface area (Å²) in [6, 6.07) is -0.198. The summed E-state index contributed by atoms with van der Waals surface area (Å²) in [7, 11) is 0. The van der Waals surface area contributed by atoms with Crippen molar-refractivity contribution in [3.05, 3.63) is 0 Å². The van der Waals surface area contributed by atoms with Gasteiger partial charge >= 0.3 is 0 Å². The van der Waals surface area contributed by atoms with Crippen LogP contribution in [0.3, 0.4) is 0 Å². The first-order chi connectivity index (χ1) is 8.59. The summed E-state index contributed by atoms with van der Waals surface area (Å²) in [6.07, 6.45) is 3.78. The van der Waals surface area contributed by atoms with Gasteiger partial charge in [-0.05, 0) is 32.6 Å². The van der Waals surface area contributed by atoms with Crippen molar-refractivity contribution in [3.8, 4) is 0 Å². The lowest BCUT2D eigenvalue weighted by Crippen LogP contribution is -2.59. The minimum atomic E-state index is -0.253. The molecule has 3 aliphatic rings.